The largest absolute Gasteiger partial charge is 0.307 e. The lowest BCUT2D eigenvalue weighted by Gasteiger charge is -2.35. The first-order chi connectivity index (χ1) is 14.3. The molecule has 4 rings (SSSR count). The van der Waals surface area contributed by atoms with Crippen LogP contribution in [0.3, 0.4) is 0 Å². The molecule has 7 heteroatoms. The first kappa shape index (κ1) is 21.0. The monoisotopic (exact) mass is 486 g/mol. The van der Waals surface area contributed by atoms with Gasteiger partial charge in [-0.05, 0) is 64.0 Å². The van der Waals surface area contributed by atoms with Crippen molar-refractivity contribution in [1.29, 1.82) is 0 Å². The number of nitrogens with one attached hydrogen (secondary N) is 1. The summed E-state index contributed by atoms with van der Waals surface area (Å²) in [4.78, 5) is 13.0. The third kappa shape index (κ3) is 4.58. The zero-order valence-corrected chi connectivity index (χ0v) is 19.0. The fourth-order valence-electron chi connectivity index (χ4n) is 4.21. The summed E-state index contributed by atoms with van der Waals surface area (Å²) in [7, 11) is -3.40. The lowest BCUT2D eigenvalue weighted by molar-refractivity contribution is 0.315. The molecule has 3 aromatic rings. The lowest BCUT2D eigenvalue weighted by atomic mass is 9.90. The van der Waals surface area contributed by atoms with Crippen LogP contribution in [0.1, 0.15) is 23.7 Å². The van der Waals surface area contributed by atoms with Gasteiger partial charge in [0.1, 0.15) is 0 Å². The Labute approximate surface area is 184 Å². The molecule has 2 heterocycles. The van der Waals surface area contributed by atoms with Crippen LogP contribution in [0, 0.1) is 0 Å². The minimum Gasteiger partial charge on any atom is -0.307 e. The molecule has 1 aliphatic heterocycles. The van der Waals surface area contributed by atoms with Crippen molar-refractivity contribution >= 4 is 26.0 Å². The minimum absolute atomic E-state index is 0.128. The van der Waals surface area contributed by atoms with Crippen LogP contribution in [0.25, 0.3) is 11.1 Å². The Kier molecular flexibility index (Phi) is 5.95. The second kappa shape index (κ2) is 8.49. The standard InChI is InChI=1S/C23H23BrN2O3S/c1-30(28,29)25-21-13-11-19-10-12-20(24)23(27)26(19)22(21)15-16-6-5-9-18(14-16)17-7-3-2-4-8-17/h2-10,12,14,21-22,25H,11,13,15H2,1H3. The maximum absolute atomic E-state index is 13.0. The van der Waals surface area contributed by atoms with Gasteiger partial charge in [0, 0.05) is 11.7 Å². The van der Waals surface area contributed by atoms with E-state index in [1.165, 1.54) is 6.26 Å². The summed E-state index contributed by atoms with van der Waals surface area (Å²) in [6.07, 6.45) is 3.02. The lowest BCUT2D eigenvalue weighted by Crippen LogP contribution is -2.48. The van der Waals surface area contributed by atoms with E-state index < -0.39 is 10.0 Å². The van der Waals surface area contributed by atoms with Crippen LogP contribution in [-0.4, -0.2) is 25.3 Å². The first-order valence-corrected chi connectivity index (χ1v) is 12.5. The highest BCUT2D eigenvalue weighted by molar-refractivity contribution is 9.10. The van der Waals surface area contributed by atoms with E-state index in [0.717, 1.165) is 22.4 Å². The van der Waals surface area contributed by atoms with Crippen molar-refractivity contribution in [1.82, 2.24) is 9.29 Å². The van der Waals surface area contributed by atoms with Crippen molar-refractivity contribution < 1.29 is 8.42 Å². The van der Waals surface area contributed by atoms with Crippen LogP contribution in [0.5, 0.6) is 0 Å². The summed E-state index contributed by atoms with van der Waals surface area (Å²) in [5, 5.41) is 0. The summed E-state index contributed by atoms with van der Waals surface area (Å²) in [5.74, 6) is 0. The van der Waals surface area contributed by atoms with Crippen molar-refractivity contribution in [2.75, 3.05) is 6.26 Å². The highest BCUT2D eigenvalue weighted by Crippen LogP contribution is 2.30. The Morgan fingerprint density at radius 2 is 1.77 bits per heavy atom. The number of sulfonamides is 1. The maximum atomic E-state index is 13.0. The van der Waals surface area contributed by atoms with Crippen LogP contribution < -0.4 is 10.3 Å². The van der Waals surface area contributed by atoms with Gasteiger partial charge in [0.2, 0.25) is 10.0 Å². The summed E-state index contributed by atoms with van der Waals surface area (Å²) in [6.45, 7) is 0. The van der Waals surface area contributed by atoms with E-state index in [9.17, 15) is 13.2 Å². The van der Waals surface area contributed by atoms with Crippen molar-refractivity contribution in [3.63, 3.8) is 0 Å². The normalized spacial score (nSPS) is 18.7. The molecule has 1 aromatic heterocycles. The van der Waals surface area contributed by atoms with E-state index in [1.54, 1.807) is 10.6 Å². The number of halogens is 1. The number of nitrogens with zero attached hydrogens (tertiary/aromatic N) is 1. The van der Waals surface area contributed by atoms with E-state index in [-0.39, 0.29) is 17.6 Å². The molecule has 0 saturated heterocycles. The molecule has 1 N–H and O–H groups in total. The van der Waals surface area contributed by atoms with Gasteiger partial charge in [-0.15, -0.1) is 0 Å². The number of aromatic nitrogens is 1. The van der Waals surface area contributed by atoms with Gasteiger partial charge in [-0.3, -0.25) is 4.79 Å². The molecule has 2 unspecified atom stereocenters. The Hall–Kier alpha value is -2.22. The van der Waals surface area contributed by atoms with E-state index in [1.807, 2.05) is 36.4 Å². The molecule has 2 atom stereocenters. The van der Waals surface area contributed by atoms with Crippen LogP contribution in [0.4, 0.5) is 0 Å². The van der Waals surface area contributed by atoms with Gasteiger partial charge >= 0.3 is 0 Å². The molecular weight excluding hydrogens is 464 g/mol. The molecule has 30 heavy (non-hydrogen) atoms. The van der Waals surface area contributed by atoms with Gasteiger partial charge in [-0.25, -0.2) is 13.1 Å². The molecule has 0 aliphatic carbocycles. The second-order valence-corrected chi connectivity index (χ2v) is 10.4. The summed E-state index contributed by atoms with van der Waals surface area (Å²) in [6, 6.07) is 21.4. The SMILES string of the molecule is CS(=O)(=O)NC1CCc2ccc(Br)c(=O)n2C1Cc1cccc(-c2ccccc2)c1. The molecule has 2 aromatic carbocycles. The molecule has 1 aliphatic rings. The molecule has 0 bridgehead atoms. The van der Waals surface area contributed by atoms with Gasteiger partial charge in [0.25, 0.3) is 5.56 Å². The zero-order valence-electron chi connectivity index (χ0n) is 16.6. The first-order valence-electron chi connectivity index (χ1n) is 9.83. The van der Waals surface area contributed by atoms with E-state index in [4.69, 9.17) is 0 Å². The predicted octanol–water partition coefficient (Wildman–Crippen LogP) is 3.93. The molecule has 0 amide bonds. The summed E-state index contributed by atoms with van der Waals surface area (Å²) in [5.41, 5.74) is 4.07. The van der Waals surface area contributed by atoms with Gasteiger partial charge in [0.05, 0.1) is 16.8 Å². The number of rotatable bonds is 5. The number of benzene rings is 2. The number of aryl methyl sites for hydroxylation is 1. The Balaban J connectivity index is 1.75. The number of fused-ring (bicyclic) bond motifs is 1. The third-order valence-electron chi connectivity index (χ3n) is 5.51. The van der Waals surface area contributed by atoms with Crippen molar-refractivity contribution in [2.45, 2.75) is 31.3 Å². The molecule has 0 radical (unpaired) electrons. The number of hydrogen-bond donors (Lipinski definition) is 1. The molecule has 5 nitrogen and oxygen atoms in total. The Bertz CT molecular complexity index is 1220. The maximum Gasteiger partial charge on any atom is 0.265 e. The fraction of sp³-hybridized carbons (Fsp3) is 0.261. The van der Waals surface area contributed by atoms with Gasteiger partial charge in [-0.1, -0.05) is 54.6 Å². The van der Waals surface area contributed by atoms with Crippen LogP contribution in [-0.2, 0) is 22.9 Å². The molecule has 0 fully saturated rings. The zero-order chi connectivity index (χ0) is 21.3. The number of hydrogen-bond acceptors (Lipinski definition) is 3. The van der Waals surface area contributed by atoms with Crippen molar-refractivity contribution in [2.24, 2.45) is 0 Å². The average Bonchev–Trinajstić information content (AvgIpc) is 2.72. The van der Waals surface area contributed by atoms with Crippen LogP contribution >= 0.6 is 15.9 Å². The molecule has 0 spiro atoms. The molecular formula is C23H23BrN2O3S. The number of pyridine rings is 1. The third-order valence-corrected chi connectivity index (χ3v) is 6.84. The Morgan fingerprint density at radius 1 is 1.03 bits per heavy atom. The predicted molar refractivity (Wildman–Crippen MR) is 123 cm³/mol. The van der Waals surface area contributed by atoms with Crippen LogP contribution in [0.15, 0.2) is 76.0 Å². The van der Waals surface area contributed by atoms with Crippen molar-refractivity contribution in [3.8, 4) is 11.1 Å². The smallest absolute Gasteiger partial charge is 0.265 e. The molecule has 156 valence electrons. The Morgan fingerprint density at radius 3 is 2.50 bits per heavy atom. The van der Waals surface area contributed by atoms with Gasteiger partial charge in [0.15, 0.2) is 0 Å². The van der Waals surface area contributed by atoms with Gasteiger partial charge in [-0.2, -0.15) is 0 Å². The topological polar surface area (TPSA) is 68.2 Å². The highest BCUT2D eigenvalue weighted by Gasteiger charge is 2.32. The summed E-state index contributed by atoms with van der Waals surface area (Å²) >= 11 is 3.34. The van der Waals surface area contributed by atoms with Crippen LogP contribution in [0.2, 0.25) is 0 Å². The fourth-order valence-corrected chi connectivity index (χ4v) is 5.35. The summed E-state index contributed by atoms with van der Waals surface area (Å²) < 4.78 is 29.0. The quantitative estimate of drug-likeness (QED) is 0.593. The van der Waals surface area contributed by atoms with Crippen molar-refractivity contribution in [3.05, 3.63) is 92.8 Å². The van der Waals surface area contributed by atoms with E-state index >= 15 is 0 Å². The molecule has 0 saturated carbocycles. The minimum atomic E-state index is -3.40. The second-order valence-electron chi connectivity index (χ2n) is 7.72. The van der Waals surface area contributed by atoms with Gasteiger partial charge < -0.3 is 4.57 Å². The van der Waals surface area contributed by atoms with E-state index in [2.05, 4.69) is 44.9 Å². The highest BCUT2D eigenvalue weighted by atomic mass is 79.9. The average molecular weight is 487 g/mol. The van der Waals surface area contributed by atoms with E-state index in [0.29, 0.717) is 23.7 Å².